The number of hydrogen-bond acceptors (Lipinski definition) is 6. The summed E-state index contributed by atoms with van der Waals surface area (Å²) in [6.45, 7) is -0.666. The molecule has 7 nitrogen and oxygen atoms in total. The maximum absolute atomic E-state index is 10.5. The summed E-state index contributed by atoms with van der Waals surface area (Å²) in [6.07, 6.45) is -6.20. The van der Waals surface area contributed by atoms with Gasteiger partial charge in [0.1, 0.15) is 18.3 Å². The molecule has 0 bridgehead atoms. The van der Waals surface area contributed by atoms with E-state index >= 15 is 0 Å². The maximum Gasteiger partial charge on any atom is 0.249 e. The Balaban J connectivity index is 4.44. The van der Waals surface area contributed by atoms with Gasteiger partial charge in [0.15, 0.2) is 6.10 Å². The van der Waals surface area contributed by atoms with E-state index in [0.29, 0.717) is 0 Å². The van der Waals surface area contributed by atoms with E-state index in [1.807, 2.05) is 0 Å². The van der Waals surface area contributed by atoms with Gasteiger partial charge < -0.3 is 30.9 Å². The summed E-state index contributed by atoms with van der Waals surface area (Å²) < 4.78 is 4.61. The Morgan fingerprint density at radius 2 is 1.93 bits per heavy atom. The Hall–Kier alpha value is -0.730. The van der Waals surface area contributed by atoms with Crippen molar-refractivity contribution in [3.63, 3.8) is 0 Å². The van der Waals surface area contributed by atoms with Crippen molar-refractivity contribution >= 4 is 5.91 Å². The van der Waals surface area contributed by atoms with Gasteiger partial charge in [-0.15, -0.1) is 0 Å². The van der Waals surface area contributed by atoms with Gasteiger partial charge in [0, 0.05) is 7.11 Å². The van der Waals surface area contributed by atoms with Crippen LogP contribution in [-0.4, -0.2) is 64.5 Å². The standard InChI is InChI=1S/C7H15NO6/c1-14-6(3(10)2-9)4(11)5(12)7(8)13/h3-6,9-12H,2H2,1H3,(H2,8,13)/t3-,4-,5+,6-/m1/s1. The number of hydrogen-bond donors (Lipinski definition) is 5. The molecule has 0 aromatic carbocycles. The second-order valence-electron chi connectivity index (χ2n) is 2.79. The summed E-state index contributed by atoms with van der Waals surface area (Å²) in [6, 6.07) is 0. The number of amides is 1. The number of aliphatic hydroxyl groups excluding tert-OH is 4. The van der Waals surface area contributed by atoms with E-state index in [-0.39, 0.29) is 0 Å². The van der Waals surface area contributed by atoms with Crippen LogP contribution in [0.15, 0.2) is 0 Å². The van der Waals surface area contributed by atoms with E-state index in [2.05, 4.69) is 4.74 Å². The molecule has 0 spiro atoms. The molecule has 0 aliphatic rings. The molecule has 0 aromatic heterocycles. The third-order valence-electron chi connectivity index (χ3n) is 1.79. The van der Waals surface area contributed by atoms with E-state index in [1.165, 1.54) is 0 Å². The smallest absolute Gasteiger partial charge is 0.249 e. The zero-order valence-electron chi connectivity index (χ0n) is 7.70. The van der Waals surface area contributed by atoms with E-state index in [4.69, 9.17) is 21.1 Å². The lowest BCUT2D eigenvalue weighted by Crippen LogP contribution is -2.51. The lowest BCUT2D eigenvalue weighted by atomic mass is 10.0. The van der Waals surface area contributed by atoms with Gasteiger partial charge in [-0.3, -0.25) is 4.79 Å². The van der Waals surface area contributed by atoms with Crippen molar-refractivity contribution in [1.82, 2.24) is 0 Å². The normalized spacial score (nSPS) is 19.8. The summed E-state index contributed by atoms with van der Waals surface area (Å²) in [4.78, 5) is 10.5. The van der Waals surface area contributed by atoms with Crippen LogP contribution in [0.25, 0.3) is 0 Å². The zero-order valence-corrected chi connectivity index (χ0v) is 7.70. The molecule has 4 atom stereocenters. The highest BCUT2D eigenvalue weighted by molar-refractivity contribution is 5.79. The second-order valence-corrected chi connectivity index (χ2v) is 2.79. The molecule has 0 saturated heterocycles. The molecular weight excluding hydrogens is 194 g/mol. The number of carbonyl (C=O) groups excluding carboxylic acids is 1. The van der Waals surface area contributed by atoms with Gasteiger partial charge in [0.05, 0.1) is 6.61 Å². The number of rotatable bonds is 6. The molecule has 0 fully saturated rings. The highest BCUT2D eigenvalue weighted by atomic mass is 16.5. The molecule has 84 valence electrons. The highest BCUT2D eigenvalue weighted by Crippen LogP contribution is 2.08. The lowest BCUT2D eigenvalue weighted by Gasteiger charge is -2.26. The molecule has 0 saturated carbocycles. The first-order valence-corrected chi connectivity index (χ1v) is 3.92. The van der Waals surface area contributed by atoms with Gasteiger partial charge in [-0.2, -0.15) is 0 Å². The molecule has 0 aromatic rings. The van der Waals surface area contributed by atoms with Crippen molar-refractivity contribution in [1.29, 1.82) is 0 Å². The number of methoxy groups -OCH3 is 1. The second kappa shape index (κ2) is 5.89. The largest absolute Gasteiger partial charge is 0.394 e. The first-order valence-electron chi connectivity index (χ1n) is 3.92. The Labute approximate surface area is 80.7 Å². The van der Waals surface area contributed by atoms with Crippen molar-refractivity contribution in [2.24, 2.45) is 5.73 Å². The van der Waals surface area contributed by atoms with Gasteiger partial charge in [-0.25, -0.2) is 0 Å². The first kappa shape index (κ1) is 13.3. The number of primary amides is 1. The summed E-state index contributed by atoms with van der Waals surface area (Å²) in [5, 5.41) is 36.0. The quantitative estimate of drug-likeness (QED) is 0.309. The fraction of sp³-hybridized carbons (Fsp3) is 0.857. The third kappa shape index (κ3) is 3.20. The van der Waals surface area contributed by atoms with E-state index in [9.17, 15) is 9.90 Å². The average Bonchev–Trinajstić information content (AvgIpc) is 2.16. The predicted molar refractivity (Wildman–Crippen MR) is 45.1 cm³/mol. The summed E-state index contributed by atoms with van der Waals surface area (Å²) in [7, 11) is 1.15. The molecule has 0 aliphatic heterocycles. The zero-order chi connectivity index (χ0) is 11.3. The SMILES string of the molecule is CO[C@@H]([C@H](O)[C@H](O)C(N)=O)[C@H](O)CO. The van der Waals surface area contributed by atoms with Crippen molar-refractivity contribution < 1.29 is 30.0 Å². The van der Waals surface area contributed by atoms with E-state index in [0.717, 1.165) is 7.11 Å². The van der Waals surface area contributed by atoms with Crippen LogP contribution in [0.2, 0.25) is 0 Å². The molecule has 6 N–H and O–H groups in total. The molecule has 14 heavy (non-hydrogen) atoms. The van der Waals surface area contributed by atoms with Gasteiger partial charge in [0.25, 0.3) is 0 Å². The van der Waals surface area contributed by atoms with Crippen molar-refractivity contribution in [3.05, 3.63) is 0 Å². The van der Waals surface area contributed by atoms with Crippen molar-refractivity contribution in [2.75, 3.05) is 13.7 Å². The Morgan fingerprint density at radius 1 is 1.43 bits per heavy atom. The third-order valence-corrected chi connectivity index (χ3v) is 1.79. The Kier molecular flexibility index (Phi) is 5.58. The minimum Gasteiger partial charge on any atom is -0.394 e. The van der Waals surface area contributed by atoms with Crippen LogP contribution in [0, 0.1) is 0 Å². The molecule has 0 radical (unpaired) electrons. The minimum atomic E-state index is -1.85. The fourth-order valence-electron chi connectivity index (χ4n) is 0.976. The van der Waals surface area contributed by atoms with Crippen LogP contribution in [0.3, 0.4) is 0 Å². The molecule has 7 heteroatoms. The molecule has 0 heterocycles. The van der Waals surface area contributed by atoms with Crippen LogP contribution >= 0.6 is 0 Å². The first-order chi connectivity index (χ1) is 6.45. The van der Waals surface area contributed by atoms with E-state index < -0.39 is 36.9 Å². The molecular formula is C7H15NO6. The van der Waals surface area contributed by atoms with E-state index in [1.54, 1.807) is 0 Å². The lowest BCUT2D eigenvalue weighted by molar-refractivity contribution is -0.151. The Bertz CT molecular complexity index is 187. The van der Waals surface area contributed by atoms with Crippen LogP contribution in [0.1, 0.15) is 0 Å². The van der Waals surface area contributed by atoms with Gasteiger partial charge in [0.2, 0.25) is 5.91 Å². The van der Waals surface area contributed by atoms with Crippen LogP contribution in [0.4, 0.5) is 0 Å². The summed E-state index contributed by atoms with van der Waals surface area (Å²) in [5.74, 6) is -1.13. The van der Waals surface area contributed by atoms with Gasteiger partial charge in [-0.05, 0) is 0 Å². The van der Waals surface area contributed by atoms with Gasteiger partial charge >= 0.3 is 0 Å². The minimum absolute atomic E-state index is 0.666. The summed E-state index contributed by atoms with van der Waals surface area (Å²) >= 11 is 0. The number of nitrogens with two attached hydrogens (primary N) is 1. The van der Waals surface area contributed by atoms with Crippen LogP contribution in [-0.2, 0) is 9.53 Å². The highest BCUT2D eigenvalue weighted by Gasteiger charge is 2.34. The van der Waals surface area contributed by atoms with Crippen molar-refractivity contribution in [2.45, 2.75) is 24.4 Å². The number of aliphatic hydroxyl groups is 4. The van der Waals surface area contributed by atoms with Gasteiger partial charge in [-0.1, -0.05) is 0 Å². The number of carbonyl (C=O) groups is 1. The molecule has 0 aliphatic carbocycles. The molecule has 0 unspecified atom stereocenters. The monoisotopic (exact) mass is 209 g/mol. The van der Waals surface area contributed by atoms with Crippen molar-refractivity contribution in [3.8, 4) is 0 Å². The Morgan fingerprint density at radius 3 is 2.21 bits per heavy atom. The molecule has 0 rings (SSSR count). The maximum atomic E-state index is 10.5. The fourth-order valence-corrected chi connectivity index (χ4v) is 0.976. The average molecular weight is 209 g/mol. The van der Waals surface area contributed by atoms with Crippen LogP contribution in [0.5, 0.6) is 0 Å². The summed E-state index contributed by atoms with van der Waals surface area (Å²) in [5.41, 5.74) is 4.72. The number of ether oxygens (including phenoxy) is 1. The molecule has 1 amide bonds. The predicted octanol–water partition coefficient (Wildman–Crippen LogP) is -3.44. The van der Waals surface area contributed by atoms with Crippen LogP contribution < -0.4 is 5.73 Å². The topological polar surface area (TPSA) is 133 Å².